The molecule has 1 saturated heterocycles. The van der Waals surface area contributed by atoms with Crippen LogP contribution in [-0.4, -0.2) is 29.9 Å². The van der Waals surface area contributed by atoms with Crippen molar-refractivity contribution in [2.24, 2.45) is 0 Å². The van der Waals surface area contributed by atoms with E-state index >= 15 is 0 Å². The molecule has 0 aliphatic carbocycles. The van der Waals surface area contributed by atoms with Crippen LogP contribution in [0.4, 0.5) is 5.82 Å². The van der Waals surface area contributed by atoms with E-state index in [0.29, 0.717) is 18.4 Å². The highest BCUT2D eigenvalue weighted by Gasteiger charge is 2.22. The number of halogens is 1. The van der Waals surface area contributed by atoms with Crippen LogP contribution in [0.1, 0.15) is 31.2 Å². The van der Waals surface area contributed by atoms with Gasteiger partial charge >= 0.3 is 0 Å². The minimum Gasteiger partial charge on any atom is -0.477 e. The number of piperidine rings is 1. The first-order chi connectivity index (χ1) is 10.3. The Bertz CT molecular complexity index is 581. The molecule has 2 aromatic rings. The zero-order valence-corrected chi connectivity index (χ0v) is 12.9. The number of aromatic amines is 1. The Morgan fingerprint density at radius 1 is 1.38 bits per heavy atom. The van der Waals surface area contributed by atoms with Crippen molar-refractivity contribution in [1.29, 1.82) is 0 Å². The number of hydrogen-bond acceptors (Lipinski definition) is 3. The third-order valence-corrected chi connectivity index (χ3v) is 4.19. The summed E-state index contributed by atoms with van der Waals surface area (Å²) in [6, 6.07) is 10.2. The highest BCUT2D eigenvalue weighted by Crippen LogP contribution is 2.30. The van der Waals surface area contributed by atoms with Crippen molar-refractivity contribution in [3.63, 3.8) is 0 Å². The molecule has 0 bridgehead atoms. The summed E-state index contributed by atoms with van der Waals surface area (Å²) in [7, 11) is 0. The number of aromatic nitrogens is 2. The lowest BCUT2D eigenvalue weighted by molar-refractivity contribution is 0.326. The Kier molecular flexibility index (Phi) is 4.34. The summed E-state index contributed by atoms with van der Waals surface area (Å²) in [6.07, 6.45) is 2.39. The normalized spacial score (nSPS) is 18.8. The molecule has 2 heterocycles. The van der Waals surface area contributed by atoms with Gasteiger partial charge in [0.05, 0.1) is 6.61 Å². The summed E-state index contributed by atoms with van der Waals surface area (Å²) in [4.78, 5) is 2.35. The van der Waals surface area contributed by atoms with Crippen LogP contribution in [0.2, 0.25) is 5.02 Å². The Balaban J connectivity index is 1.71. The summed E-state index contributed by atoms with van der Waals surface area (Å²) in [6.45, 7) is 4.65. The number of anilines is 1. The monoisotopic (exact) mass is 305 g/mol. The third-order valence-electron chi connectivity index (χ3n) is 3.94. The molecule has 0 radical (unpaired) electrons. The zero-order chi connectivity index (χ0) is 14.7. The SMILES string of the molecule is CCOc1cc(N2CCCC(c3ccc(Cl)cc3)C2)[nH]n1. The number of hydrogen-bond donors (Lipinski definition) is 1. The molecule has 1 atom stereocenters. The summed E-state index contributed by atoms with van der Waals surface area (Å²) >= 11 is 5.97. The molecule has 21 heavy (non-hydrogen) atoms. The van der Waals surface area contributed by atoms with Gasteiger partial charge in [-0.15, -0.1) is 5.10 Å². The summed E-state index contributed by atoms with van der Waals surface area (Å²) in [5.41, 5.74) is 1.36. The molecule has 1 aromatic carbocycles. The fraction of sp³-hybridized carbons (Fsp3) is 0.438. The summed E-state index contributed by atoms with van der Waals surface area (Å²) in [5.74, 6) is 2.24. The number of nitrogens with one attached hydrogen (secondary N) is 1. The second kappa shape index (κ2) is 6.39. The first-order valence-corrected chi connectivity index (χ1v) is 7.82. The molecule has 1 unspecified atom stereocenters. The number of ether oxygens (including phenoxy) is 1. The highest BCUT2D eigenvalue weighted by atomic mass is 35.5. The van der Waals surface area contributed by atoms with E-state index in [0.717, 1.165) is 23.9 Å². The third kappa shape index (κ3) is 3.32. The Morgan fingerprint density at radius 2 is 2.19 bits per heavy atom. The summed E-state index contributed by atoms with van der Waals surface area (Å²) in [5, 5.41) is 8.05. The molecule has 0 spiro atoms. The second-order valence-corrected chi connectivity index (χ2v) is 5.80. The van der Waals surface area contributed by atoms with Gasteiger partial charge in [0.15, 0.2) is 0 Å². The van der Waals surface area contributed by atoms with Crippen molar-refractivity contribution in [3.8, 4) is 5.88 Å². The first kappa shape index (κ1) is 14.3. The average molecular weight is 306 g/mol. The van der Waals surface area contributed by atoms with Crippen LogP contribution in [0.3, 0.4) is 0 Å². The fourth-order valence-electron chi connectivity index (χ4n) is 2.88. The highest BCUT2D eigenvalue weighted by molar-refractivity contribution is 6.30. The lowest BCUT2D eigenvalue weighted by Crippen LogP contribution is -2.34. The number of H-pyrrole nitrogens is 1. The molecule has 0 amide bonds. The average Bonchev–Trinajstić information content (AvgIpc) is 2.97. The topological polar surface area (TPSA) is 41.1 Å². The van der Waals surface area contributed by atoms with Gasteiger partial charge in [-0.1, -0.05) is 23.7 Å². The number of rotatable bonds is 4. The lowest BCUT2D eigenvalue weighted by Gasteiger charge is -2.33. The minimum atomic E-state index is 0.537. The second-order valence-electron chi connectivity index (χ2n) is 5.36. The smallest absolute Gasteiger partial charge is 0.234 e. The van der Waals surface area contributed by atoms with Gasteiger partial charge in [0.1, 0.15) is 5.82 Å². The standard InChI is InChI=1S/C16H20ClN3O/c1-2-21-16-10-15(18-19-16)20-9-3-4-13(11-20)12-5-7-14(17)8-6-12/h5-8,10,13H,2-4,9,11H2,1H3,(H,18,19). The fourth-order valence-corrected chi connectivity index (χ4v) is 3.01. The van der Waals surface area contributed by atoms with E-state index in [9.17, 15) is 0 Å². The van der Waals surface area contributed by atoms with Crippen LogP contribution in [0.25, 0.3) is 0 Å². The van der Waals surface area contributed by atoms with Crippen LogP contribution in [0.5, 0.6) is 5.88 Å². The molecule has 0 saturated carbocycles. The van der Waals surface area contributed by atoms with Gasteiger partial charge in [-0.3, -0.25) is 5.10 Å². The first-order valence-electron chi connectivity index (χ1n) is 7.45. The minimum absolute atomic E-state index is 0.537. The van der Waals surface area contributed by atoms with Gasteiger partial charge in [0.25, 0.3) is 0 Å². The predicted octanol–water partition coefficient (Wildman–Crippen LogP) is 3.85. The number of benzene rings is 1. The van der Waals surface area contributed by atoms with E-state index < -0.39 is 0 Å². The molecule has 1 aliphatic rings. The van der Waals surface area contributed by atoms with Crippen LogP contribution >= 0.6 is 11.6 Å². The molecule has 1 aliphatic heterocycles. The zero-order valence-electron chi connectivity index (χ0n) is 12.2. The maximum Gasteiger partial charge on any atom is 0.234 e. The van der Waals surface area contributed by atoms with Gasteiger partial charge in [0, 0.05) is 30.1 Å². The lowest BCUT2D eigenvalue weighted by atomic mass is 9.91. The van der Waals surface area contributed by atoms with Crippen molar-refractivity contribution < 1.29 is 4.74 Å². The Hall–Kier alpha value is -1.68. The van der Waals surface area contributed by atoms with Gasteiger partial charge in [-0.2, -0.15) is 0 Å². The Morgan fingerprint density at radius 3 is 2.95 bits per heavy atom. The molecule has 112 valence electrons. The van der Waals surface area contributed by atoms with Crippen LogP contribution in [-0.2, 0) is 0 Å². The molecule has 5 heteroatoms. The number of nitrogens with zero attached hydrogens (tertiary/aromatic N) is 2. The van der Waals surface area contributed by atoms with E-state index in [4.69, 9.17) is 16.3 Å². The molecular weight excluding hydrogens is 286 g/mol. The van der Waals surface area contributed by atoms with Gasteiger partial charge in [0.2, 0.25) is 5.88 Å². The Labute approximate surface area is 130 Å². The van der Waals surface area contributed by atoms with Gasteiger partial charge < -0.3 is 9.64 Å². The largest absolute Gasteiger partial charge is 0.477 e. The maximum absolute atomic E-state index is 5.97. The molecule has 1 aromatic heterocycles. The van der Waals surface area contributed by atoms with Crippen LogP contribution < -0.4 is 9.64 Å². The van der Waals surface area contributed by atoms with E-state index in [1.807, 2.05) is 25.1 Å². The molecule has 1 fully saturated rings. The van der Waals surface area contributed by atoms with E-state index in [-0.39, 0.29) is 0 Å². The van der Waals surface area contributed by atoms with E-state index in [2.05, 4.69) is 27.2 Å². The summed E-state index contributed by atoms with van der Waals surface area (Å²) < 4.78 is 5.42. The van der Waals surface area contributed by atoms with Gasteiger partial charge in [-0.05, 0) is 37.5 Å². The molecule has 1 N–H and O–H groups in total. The molecular formula is C16H20ClN3O. The van der Waals surface area contributed by atoms with Gasteiger partial charge in [-0.25, -0.2) is 0 Å². The van der Waals surface area contributed by atoms with Crippen molar-refractivity contribution >= 4 is 17.4 Å². The van der Waals surface area contributed by atoms with Crippen molar-refractivity contribution in [1.82, 2.24) is 10.2 Å². The van der Waals surface area contributed by atoms with Crippen molar-refractivity contribution in [2.45, 2.75) is 25.7 Å². The molecule has 3 rings (SSSR count). The van der Waals surface area contributed by atoms with E-state index in [1.54, 1.807) is 0 Å². The predicted molar refractivity (Wildman–Crippen MR) is 85.4 cm³/mol. The van der Waals surface area contributed by atoms with Crippen LogP contribution in [0, 0.1) is 0 Å². The van der Waals surface area contributed by atoms with E-state index in [1.165, 1.54) is 18.4 Å². The van der Waals surface area contributed by atoms with Crippen molar-refractivity contribution in [3.05, 3.63) is 40.9 Å². The maximum atomic E-state index is 5.97. The molecule has 4 nitrogen and oxygen atoms in total. The van der Waals surface area contributed by atoms with Crippen molar-refractivity contribution in [2.75, 3.05) is 24.6 Å². The quantitative estimate of drug-likeness (QED) is 0.933. The van der Waals surface area contributed by atoms with Crippen LogP contribution in [0.15, 0.2) is 30.3 Å².